The van der Waals surface area contributed by atoms with Crippen molar-refractivity contribution in [1.29, 1.82) is 0 Å². The van der Waals surface area contributed by atoms with Crippen molar-refractivity contribution in [2.24, 2.45) is 16.1 Å². The maximum Gasteiger partial charge on any atom is 0.0735 e. The summed E-state index contributed by atoms with van der Waals surface area (Å²) in [7, 11) is 0. The highest BCUT2D eigenvalue weighted by atomic mass is 32.2. The minimum atomic E-state index is 0.506. The van der Waals surface area contributed by atoms with Crippen LogP contribution in [0.15, 0.2) is 32.2 Å². The molecule has 0 saturated heterocycles. The molecule has 0 aromatic rings. The van der Waals surface area contributed by atoms with Crippen molar-refractivity contribution in [2.75, 3.05) is 0 Å². The zero-order chi connectivity index (χ0) is 9.84. The molecule has 0 aliphatic carbocycles. The molecule has 0 N–H and O–H groups in total. The van der Waals surface area contributed by atoms with Gasteiger partial charge in [0.05, 0.1) is 5.71 Å². The summed E-state index contributed by atoms with van der Waals surface area (Å²) in [4.78, 5) is 1.19. The van der Waals surface area contributed by atoms with Crippen molar-refractivity contribution < 1.29 is 0 Å². The van der Waals surface area contributed by atoms with E-state index in [9.17, 15) is 0 Å². The van der Waals surface area contributed by atoms with E-state index in [0.717, 1.165) is 5.71 Å². The molecule has 1 aliphatic heterocycles. The van der Waals surface area contributed by atoms with E-state index < -0.39 is 0 Å². The first-order valence-electron chi connectivity index (χ1n) is 4.21. The molecule has 1 atom stereocenters. The molecule has 0 spiro atoms. The first-order valence-corrected chi connectivity index (χ1v) is 5.09. The molecule has 3 heteroatoms. The lowest BCUT2D eigenvalue weighted by molar-refractivity contribution is 0.862. The molecule has 70 valence electrons. The summed E-state index contributed by atoms with van der Waals surface area (Å²) >= 11 is 1.70. The van der Waals surface area contributed by atoms with Gasteiger partial charge >= 0.3 is 0 Å². The van der Waals surface area contributed by atoms with Gasteiger partial charge in [-0.25, -0.2) is 0 Å². The van der Waals surface area contributed by atoms with Crippen LogP contribution in [-0.2, 0) is 0 Å². The predicted molar refractivity (Wildman–Crippen MR) is 61.3 cm³/mol. The Morgan fingerprint density at radius 3 is 2.85 bits per heavy atom. The summed E-state index contributed by atoms with van der Waals surface area (Å²) in [6, 6.07) is 0. The fourth-order valence-electron chi connectivity index (χ4n) is 1.02. The fourth-order valence-corrected chi connectivity index (χ4v) is 2.04. The van der Waals surface area contributed by atoms with Crippen molar-refractivity contribution in [3.63, 3.8) is 0 Å². The molecule has 0 aromatic carbocycles. The Morgan fingerprint density at radius 2 is 2.31 bits per heavy atom. The third kappa shape index (κ3) is 2.56. The molecule has 13 heavy (non-hydrogen) atoms. The molecule has 0 saturated carbocycles. The monoisotopic (exact) mass is 194 g/mol. The smallest absolute Gasteiger partial charge is 0.0735 e. The molecule has 0 amide bonds. The van der Waals surface area contributed by atoms with Gasteiger partial charge in [-0.2, -0.15) is 10.2 Å². The highest BCUT2D eigenvalue weighted by Crippen LogP contribution is 2.31. The van der Waals surface area contributed by atoms with E-state index >= 15 is 0 Å². The molecule has 0 bridgehead atoms. The minimum absolute atomic E-state index is 0.506. The van der Waals surface area contributed by atoms with Gasteiger partial charge in [-0.3, -0.25) is 0 Å². The van der Waals surface area contributed by atoms with Gasteiger partial charge in [0.15, 0.2) is 0 Å². The number of thioether (sulfide) groups is 1. The fraction of sp³-hybridized carbons (Fsp3) is 0.400. The average Bonchev–Trinajstić information content (AvgIpc) is 2.10. The molecule has 1 heterocycles. The van der Waals surface area contributed by atoms with Crippen LogP contribution < -0.4 is 0 Å². The quantitative estimate of drug-likeness (QED) is 0.489. The van der Waals surface area contributed by atoms with E-state index in [2.05, 4.69) is 42.3 Å². The highest BCUT2D eigenvalue weighted by molar-refractivity contribution is 8.06. The van der Waals surface area contributed by atoms with E-state index in [4.69, 9.17) is 0 Å². The van der Waals surface area contributed by atoms with Gasteiger partial charge in [0.1, 0.15) is 0 Å². The molecule has 0 radical (unpaired) electrons. The van der Waals surface area contributed by atoms with Crippen LogP contribution >= 0.6 is 11.8 Å². The molecular weight excluding hydrogens is 180 g/mol. The second kappa shape index (κ2) is 4.42. The third-order valence-corrected chi connectivity index (χ3v) is 3.24. The van der Waals surface area contributed by atoms with Crippen LogP contribution in [0.25, 0.3) is 0 Å². The maximum atomic E-state index is 3.92. The lowest BCUT2D eigenvalue weighted by Gasteiger charge is -2.15. The Hall–Kier alpha value is -0.830. The molecular formula is C10H14N2S. The van der Waals surface area contributed by atoms with E-state index in [1.807, 2.05) is 6.92 Å². The van der Waals surface area contributed by atoms with Gasteiger partial charge in [-0.05, 0) is 25.2 Å². The van der Waals surface area contributed by atoms with Crippen molar-refractivity contribution >= 4 is 24.2 Å². The largest absolute Gasteiger partial charge is 0.167 e. The van der Waals surface area contributed by atoms with Crippen LogP contribution in [0.2, 0.25) is 0 Å². The first-order chi connectivity index (χ1) is 6.15. The third-order valence-electron chi connectivity index (χ3n) is 2.07. The van der Waals surface area contributed by atoms with Gasteiger partial charge in [0, 0.05) is 11.6 Å². The number of allylic oxidation sites excluding steroid dienone is 3. The van der Waals surface area contributed by atoms with Crippen LogP contribution in [0.5, 0.6) is 0 Å². The Labute approximate surface area is 83.5 Å². The molecule has 1 unspecified atom stereocenters. The van der Waals surface area contributed by atoms with Crippen LogP contribution in [0.3, 0.4) is 0 Å². The second-order valence-electron chi connectivity index (χ2n) is 3.13. The molecule has 2 nitrogen and oxygen atoms in total. The van der Waals surface area contributed by atoms with Gasteiger partial charge in [0.25, 0.3) is 0 Å². The van der Waals surface area contributed by atoms with Gasteiger partial charge in [-0.15, -0.1) is 0 Å². The average molecular weight is 194 g/mol. The van der Waals surface area contributed by atoms with E-state index in [-0.39, 0.29) is 0 Å². The zero-order valence-corrected chi connectivity index (χ0v) is 9.06. The Morgan fingerprint density at radius 1 is 1.62 bits per heavy atom. The van der Waals surface area contributed by atoms with Crippen LogP contribution in [0.1, 0.15) is 20.8 Å². The van der Waals surface area contributed by atoms with Crippen LogP contribution in [-0.4, -0.2) is 12.4 Å². The maximum absolute atomic E-state index is 3.92. The van der Waals surface area contributed by atoms with E-state index in [1.165, 1.54) is 10.5 Å². The minimum Gasteiger partial charge on any atom is -0.167 e. The van der Waals surface area contributed by atoms with Gasteiger partial charge < -0.3 is 0 Å². The van der Waals surface area contributed by atoms with Crippen LogP contribution in [0, 0.1) is 5.92 Å². The standard InChI is InChI=1S/C10H14N2S/c1-7-5-10(9(3)12-11-4)13-6-8(7)2/h5-7H,4H2,1-3H3. The molecule has 1 rings (SSSR count). The molecule has 0 fully saturated rings. The Kier molecular flexibility index (Phi) is 3.48. The van der Waals surface area contributed by atoms with Crippen LogP contribution in [0.4, 0.5) is 0 Å². The topological polar surface area (TPSA) is 24.7 Å². The summed E-state index contributed by atoms with van der Waals surface area (Å²) in [5.41, 5.74) is 2.34. The number of hydrogen-bond acceptors (Lipinski definition) is 3. The normalized spacial score (nSPS) is 23.6. The predicted octanol–water partition coefficient (Wildman–Crippen LogP) is 3.23. The van der Waals surface area contributed by atoms with E-state index in [1.54, 1.807) is 11.8 Å². The highest BCUT2D eigenvalue weighted by Gasteiger charge is 2.11. The summed E-state index contributed by atoms with van der Waals surface area (Å²) in [6.45, 7) is 9.62. The lowest BCUT2D eigenvalue weighted by atomic mass is 10.0. The molecule has 1 aliphatic rings. The SMILES string of the molecule is C=NN=C(C)C1=CC(C)C(C)=CS1. The number of hydrogen-bond donors (Lipinski definition) is 0. The zero-order valence-electron chi connectivity index (χ0n) is 8.24. The second-order valence-corrected chi connectivity index (χ2v) is 4.04. The Balaban J connectivity index is 2.81. The lowest BCUT2D eigenvalue weighted by Crippen LogP contribution is -2.02. The van der Waals surface area contributed by atoms with Crippen molar-refractivity contribution in [2.45, 2.75) is 20.8 Å². The van der Waals surface area contributed by atoms with Crippen molar-refractivity contribution in [3.8, 4) is 0 Å². The van der Waals surface area contributed by atoms with Crippen molar-refractivity contribution in [1.82, 2.24) is 0 Å². The van der Waals surface area contributed by atoms with Gasteiger partial charge in [-0.1, -0.05) is 30.3 Å². The van der Waals surface area contributed by atoms with Gasteiger partial charge in [0.2, 0.25) is 0 Å². The molecule has 0 aromatic heterocycles. The number of nitrogens with zero attached hydrogens (tertiary/aromatic N) is 2. The summed E-state index contributed by atoms with van der Waals surface area (Å²) in [6.07, 6.45) is 2.21. The number of rotatable bonds is 2. The van der Waals surface area contributed by atoms with E-state index in [0.29, 0.717) is 5.92 Å². The Bertz CT molecular complexity index is 300. The summed E-state index contributed by atoms with van der Waals surface area (Å²) in [5, 5.41) is 9.61. The summed E-state index contributed by atoms with van der Waals surface area (Å²) < 4.78 is 0. The first kappa shape index (κ1) is 10.3. The summed E-state index contributed by atoms with van der Waals surface area (Å²) in [5.74, 6) is 0.506. The van der Waals surface area contributed by atoms with Crippen molar-refractivity contribution in [3.05, 3.63) is 22.0 Å².